The zero-order chi connectivity index (χ0) is 17.8. The smallest absolute Gasteiger partial charge is 0.223 e. The summed E-state index contributed by atoms with van der Waals surface area (Å²) in [6.45, 7) is 5.34. The molecule has 1 aliphatic carbocycles. The molecule has 2 saturated heterocycles. The van der Waals surface area contributed by atoms with E-state index in [0.29, 0.717) is 11.8 Å². The Hall–Kier alpha value is -1.46. The molecule has 3 heterocycles. The third-order valence-corrected chi connectivity index (χ3v) is 6.17. The predicted octanol–water partition coefficient (Wildman–Crippen LogP) is 3.16. The van der Waals surface area contributed by atoms with Crippen molar-refractivity contribution in [1.29, 1.82) is 0 Å². The van der Waals surface area contributed by atoms with Gasteiger partial charge in [0.15, 0.2) is 0 Å². The number of hydrogen-bond acceptors (Lipinski definition) is 4. The van der Waals surface area contributed by atoms with Gasteiger partial charge in [-0.15, -0.1) is 0 Å². The lowest BCUT2D eigenvalue weighted by atomic mass is 10.0. The molecule has 1 aromatic heterocycles. The molecule has 0 unspecified atom stereocenters. The zero-order valence-electron chi connectivity index (χ0n) is 15.7. The van der Waals surface area contributed by atoms with Crippen LogP contribution in [0, 0.1) is 5.92 Å². The number of likely N-dealkylation sites (tertiary alicyclic amines) is 1. The van der Waals surface area contributed by atoms with Gasteiger partial charge in [-0.3, -0.25) is 14.7 Å². The Balaban J connectivity index is 1.41. The van der Waals surface area contributed by atoms with Crippen LogP contribution in [0.1, 0.15) is 62.4 Å². The number of carbonyl (C=O) groups is 1. The summed E-state index contributed by atoms with van der Waals surface area (Å²) in [5, 5.41) is 0. The highest BCUT2D eigenvalue weighted by Crippen LogP contribution is 2.34. The third kappa shape index (κ3) is 4.26. The van der Waals surface area contributed by atoms with Crippen LogP contribution in [0.5, 0.6) is 0 Å². The van der Waals surface area contributed by atoms with Crippen LogP contribution in [0.2, 0.25) is 0 Å². The Bertz CT molecular complexity index is 609. The zero-order valence-corrected chi connectivity index (χ0v) is 15.7. The van der Waals surface area contributed by atoms with Crippen LogP contribution in [0.4, 0.5) is 0 Å². The lowest BCUT2D eigenvalue weighted by molar-refractivity contribution is -0.133. The van der Waals surface area contributed by atoms with Crippen LogP contribution >= 0.6 is 0 Å². The summed E-state index contributed by atoms with van der Waals surface area (Å²) >= 11 is 0. The average molecular weight is 357 g/mol. The molecule has 0 bridgehead atoms. The van der Waals surface area contributed by atoms with Gasteiger partial charge in [-0.05, 0) is 43.7 Å². The second-order valence-electron chi connectivity index (χ2n) is 8.04. The quantitative estimate of drug-likeness (QED) is 0.812. The molecule has 26 heavy (non-hydrogen) atoms. The van der Waals surface area contributed by atoms with Crippen LogP contribution in [-0.2, 0) is 16.1 Å². The molecular weight excluding hydrogens is 326 g/mol. The van der Waals surface area contributed by atoms with E-state index in [1.807, 2.05) is 0 Å². The Kier molecular flexibility index (Phi) is 5.85. The van der Waals surface area contributed by atoms with Crippen molar-refractivity contribution in [1.82, 2.24) is 14.8 Å². The molecule has 1 aromatic rings. The molecule has 1 amide bonds. The van der Waals surface area contributed by atoms with E-state index in [4.69, 9.17) is 9.72 Å². The number of pyridine rings is 1. The topological polar surface area (TPSA) is 45.7 Å². The van der Waals surface area contributed by atoms with Gasteiger partial charge >= 0.3 is 0 Å². The first kappa shape index (κ1) is 17.9. The Morgan fingerprint density at radius 3 is 2.69 bits per heavy atom. The van der Waals surface area contributed by atoms with E-state index in [0.717, 1.165) is 70.0 Å². The summed E-state index contributed by atoms with van der Waals surface area (Å²) < 4.78 is 5.43. The van der Waals surface area contributed by atoms with Crippen molar-refractivity contribution in [2.45, 2.75) is 57.5 Å². The van der Waals surface area contributed by atoms with E-state index in [-0.39, 0.29) is 6.04 Å². The first-order chi connectivity index (χ1) is 12.8. The maximum atomic E-state index is 12.9. The number of amides is 1. The van der Waals surface area contributed by atoms with Gasteiger partial charge in [-0.25, -0.2) is 0 Å². The lowest BCUT2D eigenvalue weighted by Crippen LogP contribution is -2.36. The highest BCUT2D eigenvalue weighted by atomic mass is 16.5. The monoisotopic (exact) mass is 357 g/mol. The number of morpholine rings is 1. The van der Waals surface area contributed by atoms with Crippen LogP contribution in [0.15, 0.2) is 18.2 Å². The summed E-state index contributed by atoms with van der Waals surface area (Å²) in [5.74, 6) is 0.962. The Labute approximate surface area is 156 Å². The lowest BCUT2D eigenvalue weighted by Gasteiger charge is -2.28. The first-order valence-electron chi connectivity index (χ1n) is 10.3. The molecule has 3 aliphatic rings. The van der Waals surface area contributed by atoms with Crippen molar-refractivity contribution in [2.75, 3.05) is 32.8 Å². The molecule has 5 nitrogen and oxygen atoms in total. The van der Waals surface area contributed by atoms with E-state index in [1.54, 1.807) is 0 Å². The molecule has 0 aromatic carbocycles. The van der Waals surface area contributed by atoms with Gasteiger partial charge in [0.2, 0.25) is 5.91 Å². The number of rotatable bonds is 5. The van der Waals surface area contributed by atoms with Gasteiger partial charge in [0.25, 0.3) is 0 Å². The van der Waals surface area contributed by atoms with Crippen molar-refractivity contribution < 1.29 is 9.53 Å². The highest BCUT2D eigenvalue weighted by molar-refractivity contribution is 5.77. The molecule has 1 atom stereocenters. The summed E-state index contributed by atoms with van der Waals surface area (Å²) in [7, 11) is 0. The first-order valence-corrected chi connectivity index (χ1v) is 10.3. The number of nitrogens with zero attached hydrogens (tertiary/aromatic N) is 3. The molecular formula is C21H31N3O2. The SMILES string of the molecule is O=C(CC1CCCC1)N1CCC[C@@H]1c1cccc(CN2CCOCC2)n1. The van der Waals surface area contributed by atoms with Crippen LogP contribution in [-0.4, -0.2) is 53.5 Å². The van der Waals surface area contributed by atoms with Crippen molar-refractivity contribution in [3.63, 3.8) is 0 Å². The van der Waals surface area contributed by atoms with Crippen molar-refractivity contribution >= 4 is 5.91 Å². The Morgan fingerprint density at radius 1 is 1.08 bits per heavy atom. The maximum absolute atomic E-state index is 12.9. The predicted molar refractivity (Wildman–Crippen MR) is 101 cm³/mol. The molecule has 142 valence electrons. The minimum atomic E-state index is 0.175. The van der Waals surface area contributed by atoms with Crippen molar-refractivity contribution in [2.24, 2.45) is 5.92 Å². The number of aromatic nitrogens is 1. The standard InChI is InChI=1S/C21H31N3O2/c25-21(15-17-5-1-2-6-17)24-10-4-9-20(24)19-8-3-7-18(22-19)16-23-11-13-26-14-12-23/h3,7-8,17,20H,1-2,4-6,9-16H2/t20-/m1/s1. The van der Waals surface area contributed by atoms with Crippen molar-refractivity contribution in [3.8, 4) is 0 Å². The third-order valence-electron chi connectivity index (χ3n) is 6.17. The fourth-order valence-electron chi connectivity index (χ4n) is 4.71. The maximum Gasteiger partial charge on any atom is 0.223 e. The fraction of sp³-hybridized carbons (Fsp3) is 0.714. The molecule has 5 heteroatoms. The Morgan fingerprint density at radius 2 is 1.88 bits per heavy atom. The van der Waals surface area contributed by atoms with Gasteiger partial charge in [0, 0.05) is 32.6 Å². The second-order valence-corrected chi connectivity index (χ2v) is 8.04. The van der Waals surface area contributed by atoms with Gasteiger partial charge in [0.05, 0.1) is 30.6 Å². The van der Waals surface area contributed by atoms with Gasteiger partial charge in [0.1, 0.15) is 0 Å². The largest absolute Gasteiger partial charge is 0.379 e. The van der Waals surface area contributed by atoms with E-state index < -0.39 is 0 Å². The van der Waals surface area contributed by atoms with E-state index >= 15 is 0 Å². The van der Waals surface area contributed by atoms with Crippen LogP contribution in [0.3, 0.4) is 0 Å². The number of carbonyl (C=O) groups excluding carboxylic acids is 1. The van der Waals surface area contributed by atoms with E-state index in [2.05, 4.69) is 28.0 Å². The van der Waals surface area contributed by atoms with E-state index in [1.165, 1.54) is 25.7 Å². The molecule has 4 rings (SSSR count). The number of hydrogen-bond donors (Lipinski definition) is 0. The fourth-order valence-corrected chi connectivity index (χ4v) is 4.71. The molecule has 2 aliphatic heterocycles. The van der Waals surface area contributed by atoms with Gasteiger partial charge < -0.3 is 9.64 Å². The molecule has 0 radical (unpaired) electrons. The summed E-state index contributed by atoms with van der Waals surface area (Å²) in [6, 6.07) is 6.50. The van der Waals surface area contributed by atoms with Gasteiger partial charge in [-0.2, -0.15) is 0 Å². The van der Waals surface area contributed by atoms with Crippen molar-refractivity contribution in [3.05, 3.63) is 29.6 Å². The van der Waals surface area contributed by atoms with Crippen LogP contribution < -0.4 is 0 Å². The summed E-state index contributed by atoms with van der Waals surface area (Å²) in [4.78, 5) is 22.3. The van der Waals surface area contributed by atoms with Gasteiger partial charge in [-0.1, -0.05) is 18.9 Å². The van der Waals surface area contributed by atoms with Crippen LogP contribution in [0.25, 0.3) is 0 Å². The second kappa shape index (κ2) is 8.49. The summed E-state index contributed by atoms with van der Waals surface area (Å²) in [6.07, 6.45) is 7.94. The minimum absolute atomic E-state index is 0.175. The molecule has 0 N–H and O–H groups in total. The normalized spacial score (nSPS) is 25.1. The number of ether oxygens (including phenoxy) is 1. The van der Waals surface area contributed by atoms with E-state index in [9.17, 15) is 4.79 Å². The summed E-state index contributed by atoms with van der Waals surface area (Å²) in [5.41, 5.74) is 2.19. The average Bonchev–Trinajstić information content (AvgIpc) is 3.34. The molecule has 0 spiro atoms. The molecule has 3 fully saturated rings. The highest BCUT2D eigenvalue weighted by Gasteiger charge is 2.32. The minimum Gasteiger partial charge on any atom is -0.379 e. The molecule has 1 saturated carbocycles.